The van der Waals surface area contributed by atoms with Gasteiger partial charge in [0.2, 0.25) is 0 Å². The Balaban J connectivity index is 2.00. The average Bonchev–Trinajstić information content (AvgIpc) is 3.07. The van der Waals surface area contributed by atoms with Crippen molar-refractivity contribution in [2.75, 3.05) is 11.9 Å². The molecule has 0 aliphatic heterocycles. The largest absolute Gasteiger partial charge is 0.351 e. The third kappa shape index (κ3) is 3.12. The van der Waals surface area contributed by atoms with Crippen LogP contribution in [0.2, 0.25) is 0 Å². The first-order valence-corrected chi connectivity index (χ1v) is 7.78. The fourth-order valence-corrected chi connectivity index (χ4v) is 3.33. The van der Waals surface area contributed by atoms with Crippen molar-refractivity contribution in [2.45, 2.75) is 19.3 Å². The molecule has 1 aliphatic rings. The number of benzene rings is 1. The zero-order valence-electron chi connectivity index (χ0n) is 9.81. The van der Waals surface area contributed by atoms with E-state index < -0.39 is 5.82 Å². The summed E-state index contributed by atoms with van der Waals surface area (Å²) in [6, 6.07) is 4.54. The van der Waals surface area contributed by atoms with Crippen molar-refractivity contribution in [2.24, 2.45) is 5.41 Å². The lowest BCUT2D eigenvalue weighted by atomic mass is 10.0. The molecule has 1 fully saturated rings. The van der Waals surface area contributed by atoms with Crippen LogP contribution in [0.3, 0.4) is 0 Å². The van der Waals surface area contributed by atoms with Crippen molar-refractivity contribution in [3.63, 3.8) is 0 Å². The van der Waals surface area contributed by atoms with Gasteiger partial charge in [-0.2, -0.15) is 0 Å². The first-order valence-electron chi connectivity index (χ1n) is 5.86. The third-order valence-corrected chi connectivity index (χ3v) is 4.45. The Morgan fingerprint density at radius 1 is 1.44 bits per heavy atom. The molecule has 0 spiro atoms. The van der Waals surface area contributed by atoms with E-state index in [4.69, 9.17) is 0 Å². The second kappa shape index (κ2) is 5.70. The summed E-state index contributed by atoms with van der Waals surface area (Å²) in [5, 5.41) is 3.78. The Hall–Kier alpha value is -0.420. The van der Waals surface area contributed by atoms with Gasteiger partial charge in [-0.15, -0.1) is 0 Å². The van der Waals surface area contributed by atoms with Crippen LogP contribution in [0.15, 0.2) is 22.7 Å². The lowest BCUT2D eigenvalue weighted by Gasteiger charge is -2.15. The van der Waals surface area contributed by atoms with E-state index in [-0.39, 0.29) is 16.9 Å². The molecule has 18 heavy (non-hydrogen) atoms. The van der Waals surface area contributed by atoms with Gasteiger partial charge >= 0.3 is 0 Å². The standard InChI is InChI=1S/C13H14Br2FNO/c14-7-6-13(4-5-13)8-17-12(18)11-9(15)2-1-3-10(11)16/h1-3H,4-8H2,(H,17,18). The van der Waals surface area contributed by atoms with Crippen LogP contribution < -0.4 is 5.32 Å². The van der Waals surface area contributed by atoms with Crippen LogP contribution in [-0.2, 0) is 0 Å². The Morgan fingerprint density at radius 2 is 2.17 bits per heavy atom. The van der Waals surface area contributed by atoms with E-state index in [0.29, 0.717) is 11.0 Å². The molecule has 1 aromatic carbocycles. The van der Waals surface area contributed by atoms with Crippen molar-refractivity contribution >= 4 is 37.8 Å². The Labute approximate surface area is 123 Å². The molecule has 0 atom stereocenters. The molecule has 5 heteroatoms. The molecule has 2 rings (SSSR count). The molecule has 1 aliphatic carbocycles. The molecule has 0 aromatic heterocycles. The quantitative estimate of drug-likeness (QED) is 0.774. The van der Waals surface area contributed by atoms with Gasteiger partial charge in [-0.05, 0) is 52.7 Å². The second-order valence-electron chi connectivity index (χ2n) is 4.72. The summed E-state index contributed by atoms with van der Waals surface area (Å²) < 4.78 is 14.1. The van der Waals surface area contributed by atoms with E-state index in [1.54, 1.807) is 12.1 Å². The predicted octanol–water partition coefficient (Wildman–Crippen LogP) is 3.88. The van der Waals surface area contributed by atoms with Gasteiger partial charge in [0, 0.05) is 16.3 Å². The fourth-order valence-electron chi connectivity index (χ4n) is 1.96. The van der Waals surface area contributed by atoms with Crippen molar-refractivity contribution in [1.82, 2.24) is 5.32 Å². The number of amides is 1. The lowest BCUT2D eigenvalue weighted by Crippen LogP contribution is -2.31. The van der Waals surface area contributed by atoms with Crippen LogP contribution in [0, 0.1) is 11.2 Å². The number of halogens is 3. The molecule has 2 nitrogen and oxygen atoms in total. The van der Waals surface area contributed by atoms with E-state index >= 15 is 0 Å². The predicted molar refractivity (Wildman–Crippen MR) is 76.5 cm³/mol. The van der Waals surface area contributed by atoms with Gasteiger partial charge in [-0.25, -0.2) is 4.39 Å². The molecule has 0 unspecified atom stereocenters. The summed E-state index contributed by atoms with van der Waals surface area (Å²) in [5.74, 6) is -0.840. The first-order chi connectivity index (χ1) is 8.58. The third-order valence-electron chi connectivity index (χ3n) is 3.40. The van der Waals surface area contributed by atoms with Crippen LogP contribution in [0.25, 0.3) is 0 Å². The molecular weight excluding hydrogens is 365 g/mol. The molecule has 1 aromatic rings. The van der Waals surface area contributed by atoms with Gasteiger partial charge in [0.05, 0.1) is 5.56 Å². The maximum atomic E-state index is 13.6. The summed E-state index contributed by atoms with van der Waals surface area (Å²) >= 11 is 6.63. The molecule has 1 saturated carbocycles. The minimum absolute atomic E-state index is 0.0899. The van der Waals surface area contributed by atoms with Crippen molar-refractivity contribution < 1.29 is 9.18 Å². The molecule has 0 heterocycles. The number of hydrogen-bond donors (Lipinski definition) is 1. The molecule has 1 N–H and O–H groups in total. The van der Waals surface area contributed by atoms with Crippen LogP contribution in [0.1, 0.15) is 29.6 Å². The average molecular weight is 379 g/mol. The van der Waals surface area contributed by atoms with Gasteiger partial charge in [0.25, 0.3) is 5.91 Å². The van der Waals surface area contributed by atoms with Crippen LogP contribution in [-0.4, -0.2) is 17.8 Å². The monoisotopic (exact) mass is 377 g/mol. The number of carbonyl (C=O) groups is 1. The first kappa shape index (κ1) is 14.0. The molecular formula is C13H14Br2FNO. The van der Waals surface area contributed by atoms with E-state index in [0.717, 1.165) is 24.6 Å². The van der Waals surface area contributed by atoms with E-state index in [1.165, 1.54) is 6.07 Å². The Kier molecular flexibility index (Phi) is 4.43. The molecule has 98 valence electrons. The highest BCUT2D eigenvalue weighted by atomic mass is 79.9. The minimum atomic E-state index is -0.493. The van der Waals surface area contributed by atoms with Crippen LogP contribution >= 0.6 is 31.9 Å². The minimum Gasteiger partial charge on any atom is -0.351 e. The zero-order valence-corrected chi connectivity index (χ0v) is 13.0. The summed E-state index contributed by atoms with van der Waals surface area (Å²) in [7, 11) is 0. The van der Waals surface area contributed by atoms with Crippen LogP contribution in [0.5, 0.6) is 0 Å². The van der Waals surface area contributed by atoms with Gasteiger partial charge in [0.1, 0.15) is 5.82 Å². The summed E-state index contributed by atoms with van der Waals surface area (Å²) in [5.41, 5.74) is 0.323. The van der Waals surface area contributed by atoms with Crippen molar-refractivity contribution in [3.05, 3.63) is 34.1 Å². The number of carbonyl (C=O) groups excluding carboxylic acids is 1. The van der Waals surface area contributed by atoms with E-state index in [9.17, 15) is 9.18 Å². The summed E-state index contributed by atoms with van der Waals surface area (Å²) in [6.45, 7) is 0.623. The number of rotatable bonds is 5. The highest BCUT2D eigenvalue weighted by molar-refractivity contribution is 9.10. The number of alkyl halides is 1. The SMILES string of the molecule is O=C(NCC1(CCBr)CC1)c1c(F)cccc1Br. The normalized spacial score (nSPS) is 16.4. The maximum absolute atomic E-state index is 13.6. The molecule has 0 radical (unpaired) electrons. The highest BCUT2D eigenvalue weighted by Crippen LogP contribution is 2.48. The van der Waals surface area contributed by atoms with Gasteiger partial charge < -0.3 is 5.32 Å². The molecule has 0 bridgehead atoms. The van der Waals surface area contributed by atoms with Gasteiger partial charge in [0.15, 0.2) is 0 Å². The van der Waals surface area contributed by atoms with Crippen molar-refractivity contribution in [1.29, 1.82) is 0 Å². The maximum Gasteiger partial charge on any atom is 0.255 e. The number of hydrogen-bond acceptors (Lipinski definition) is 1. The van der Waals surface area contributed by atoms with E-state index in [1.807, 2.05) is 0 Å². The topological polar surface area (TPSA) is 29.1 Å². The van der Waals surface area contributed by atoms with Gasteiger partial charge in [-0.3, -0.25) is 4.79 Å². The molecule has 0 saturated heterocycles. The zero-order chi connectivity index (χ0) is 13.2. The summed E-state index contributed by atoms with van der Waals surface area (Å²) in [4.78, 5) is 12.0. The summed E-state index contributed by atoms with van der Waals surface area (Å²) in [6.07, 6.45) is 3.32. The second-order valence-corrected chi connectivity index (χ2v) is 6.37. The Morgan fingerprint density at radius 3 is 2.72 bits per heavy atom. The van der Waals surface area contributed by atoms with Gasteiger partial charge in [-0.1, -0.05) is 22.0 Å². The Bertz CT molecular complexity index is 440. The number of nitrogens with one attached hydrogen (secondary N) is 1. The lowest BCUT2D eigenvalue weighted by molar-refractivity contribution is 0.0939. The van der Waals surface area contributed by atoms with E-state index in [2.05, 4.69) is 37.2 Å². The highest BCUT2D eigenvalue weighted by Gasteiger charge is 2.41. The smallest absolute Gasteiger partial charge is 0.255 e. The molecule has 1 amide bonds. The fraction of sp³-hybridized carbons (Fsp3) is 0.462. The van der Waals surface area contributed by atoms with Crippen LogP contribution in [0.4, 0.5) is 4.39 Å². The van der Waals surface area contributed by atoms with Crippen molar-refractivity contribution in [3.8, 4) is 0 Å².